The first kappa shape index (κ1) is 13.5. The summed E-state index contributed by atoms with van der Waals surface area (Å²) in [5, 5.41) is 10.0. The summed E-state index contributed by atoms with van der Waals surface area (Å²) in [6.07, 6.45) is 6.04. The first-order valence-electron chi connectivity index (χ1n) is 6.12. The highest BCUT2D eigenvalue weighted by Gasteiger charge is 2.04. The zero-order valence-corrected chi connectivity index (χ0v) is 10.9. The molecule has 5 nitrogen and oxygen atoms in total. The lowest BCUT2D eigenvalue weighted by atomic mass is 10.1. The number of nitrogens with zero attached hydrogens (tertiary/aromatic N) is 2. The van der Waals surface area contributed by atoms with E-state index in [9.17, 15) is 4.79 Å². The highest BCUT2D eigenvalue weighted by atomic mass is 16.1. The molecule has 1 amide bonds. The summed E-state index contributed by atoms with van der Waals surface area (Å²) in [5.74, 6) is 0.612. The summed E-state index contributed by atoms with van der Waals surface area (Å²) in [5.41, 5.74) is 0.969. The van der Waals surface area contributed by atoms with Crippen molar-refractivity contribution in [3.05, 3.63) is 12.4 Å². The molecule has 0 aromatic carbocycles. The van der Waals surface area contributed by atoms with Gasteiger partial charge in [-0.1, -0.05) is 20.3 Å². The largest absolute Gasteiger partial charge is 0.382 e. The summed E-state index contributed by atoms with van der Waals surface area (Å²) < 4.78 is 1.63. The fourth-order valence-electron chi connectivity index (χ4n) is 1.65. The van der Waals surface area contributed by atoms with Gasteiger partial charge in [0.15, 0.2) is 0 Å². The molecule has 0 fully saturated rings. The zero-order valence-electron chi connectivity index (χ0n) is 10.9. The molecule has 2 N–H and O–H groups in total. The molecule has 1 aromatic heterocycles. The van der Waals surface area contributed by atoms with E-state index in [4.69, 9.17) is 0 Å². The summed E-state index contributed by atoms with van der Waals surface area (Å²) in [4.78, 5) is 11.1. The molecule has 0 spiro atoms. The van der Waals surface area contributed by atoms with Crippen molar-refractivity contribution in [2.24, 2.45) is 5.92 Å². The molecule has 0 bridgehead atoms. The van der Waals surface area contributed by atoms with Crippen molar-refractivity contribution in [3.63, 3.8) is 0 Å². The summed E-state index contributed by atoms with van der Waals surface area (Å²) in [6, 6.07) is 0. The fourth-order valence-corrected chi connectivity index (χ4v) is 1.65. The van der Waals surface area contributed by atoms with Gasteiger partial charge in [0, 0.05) is 19.8 Å². The van der Waals surface area contributed by atoms with Crippen LogP contribution in [0, 0.1) is 5.92 Å². The maximum absolute atomic E-state index is 11.1. The van der Waals surface area contributed by atoms with Crippen LogP contribution in [0.2, 0.25) is 0 Å². The SMILES string of the molecule is CCCC(C)CNc1cnn(CC(=O)NC)c1. The lowest BCUT2D eigenvalue weighted by molar-refractivity contribution is -0.121. The van der Waals surface area contributed by atoms with E-state index in [0.29, 0.717) is 5.92 Å². The quantitative estimate of drug-likeness (QED) is 0.756. The number of aromatic nitrogens is 2. The minimum absolute atomic E-state index is 0.0426. The van der Waals surface area contributed by atoms with Crippen molar-refractivity contribution < 1.29 is 4.79 Å². The van der Waals surface area contributed by atoms with Crippen molar-refractivity contribution >= 4 is 11.6 Å². The molecule has 1 unspecified atom stereocenters. The molecular formula is C12H22N4O. The third-order valence-electron chi connectivity index (χ3n) is 2.65. The van der Waals surface area contributed by atoms with Crippen LogP contribution in [0.15, 0.2) is 12.4 Å². The molecule has 0 saturated carbocycles. The van der Waals surface area contributed by atoms with E-state index in [0.717, 1.165) is 12.2 Å². The molecule has 0 saturated heterocycles. The Balaban J connectivity index is 2.37. The molecule has 0 aliphatic carbocycles. The average Bonchev–Trinajstić information content (AvgIpc) is 2.74. The minimum atomic E-state index is -0.0426. The zero-order chi connectivity index (χ0) is 12.7. The van der Waals surface area contributed by atoms with Crippen molar-refractivity contribution in [3.8, 4) is 0 Å². The molecule has 17 heavy (non-hydrogen) atoms. The van der Waals surface area contributed by atoms with Crippen LogP contribution in [-0.4, -0.2) is 29.3 Å². The number of hydrogen-bond donors (Lipinski definition) is 2. The monoisotopic (exact) mass is 238 g/mol. The first-order valence-corrected chi connectivity index (χ1v) is 6.12. The van der Waals surface area contributed by atoms with Crippen LogP contribution in [0.3, 0.4) is 0 Å². The number of carbonyl (C=O) groups is 1. The summed E-state index contributed by atoms with van der Waals surface area (Å²) in [6.45, 7) is 5.63. The lowest BCUT2D eigenvalue weighted by Gasteiger charge is -2.10. The first-order chi connectivity index (χ1) is 8.15. The van der Waals surface area contributed by atoms with E-state index in [1.165, 1.54) is 12.8 Å². The number of rotatable bonds is 7. The van der Waals surface area contributed by atoms with E-state index in [1.807, 2.05) is 6.20 Å². The van der Waals surface area contributed by atoms with Gasteiger partial charge in [0.1, 0.15) is 6.54 Å². The molecule has 0 aliphatic heterocycles. The van der Waals surface area contributed by atoms with Crippen LogP contribution in [0.25, 0.3) is 0 Å². The van der Waals surface area contributed by atoms with Gasteiger partial charge in [0.2, 0.25) is 5.91 Å². The molecule has 0 radical (unpaired) electrons. The predicted octanol–water partition coefficient (Wildman–Crippen LogP) is 1.48. The Hall–Kier alpha value is -1.52. The Bertz CT molecular complexity index is 348. The van der Waals surface area contributed by atoms with Gasteiger partial charge in [-0.15, -0.1) is 0 Å². The second-order valence-electron chi connectivity index (χ2n) is 4.37. The third kappa shape index (κ3) is 4.89. The molecule has 1 atom stereocenters. The van der Waals surface area contributed by atoms with Crippen LogP contribution < -0.4 is 10.6 Å². The van der Waals surface area contributed by atoms with Crippen molar-refractivity contribution in [2.75, 3.05) is 18.9 Å². The van der Waals surface area contributed by atoms with Crippen molar-refractivity contribution in [1.29, 1.82) is 0 Å². The smallest absolute Gasteiger partial charge is 0.241 e. The van der Waals surface area contributed by atoms with Crippen LogP contribution in [-0.2, 0) is 11.3 Å². The van der Waals surface area contributed by atoms with Gasteiger partial charge < -0.3 is 10.6 Å². The highest BCUT2D eigenvalue weighted by molar-refractivity contribution is 5.75. The van der Waals surface area contributed by atoms with E-state index in [2.05, 4.69) is 29.6 Å². The normalized spacial score (nSPS) is 12.2. The van der Waals surface area contributed by atoms with Crippen LogP contribution in [0.5, 0.6) is 0 Å². The maximum Gasteiger partial charge on any atom is 0.241 e. The third-order valence-corrected chi connectivity index (χ3v) is 2.65. The molecule has 1 aromatic rings. The van der Waals surface area contributed by atoms with E-state index >= 15 is 0 Å². The number of anilines is 1. The van der Waals surface area contributed by atoms with Gasteiger partial charge in [-0.25, -0.2) is 0 Å². The topological polar surface area (TPSA) is 59.0 Å². The maximum atomic E-state index is 11.1. The molecule has 0 aliphatic rings. The second kappa shape index (κ2) is 6.93. The second-order valence-corrected chi connectivity index (χ2v) is 4.37. The van der Waals surface area contributed by atoms with Gasteiger partial charge in [0.25, 0.3) is 0 Å². The number of amides is 1. The molecule has 1 rings (SSSR count). The van der Waals surface area contributed by atoms with Gasteiger partial charge in [-0.3, -0.25) is 9.48 Å². The number of nitrogens with one attached hydrogen (secondary N) is 2. The Morgan fingerprint density at radius 3 is 3.00 bits per heavy atom. The molecule has 1 heterocycles. The number of hydrogen-bond acceptors (Lipinski definition) is 3. The van der Waals surface area contributed by atoms with Crippen LogP contribution in [0.1, 0.15) is 26.7 Å². The predicted molar refractivity (Wildman–Crippen MR) is 68.9 cm³/mol. The summed E-state index contributed by atoms with van der Waals surface area (Å²) in [7, 11) is 1.62. The lowest BCUT2D eigenvalue weighted by Crippen LogP contribution is -2.23. The van der Waals surface area contributed by atoms with E-state index in [1.54, 1.807) is 17.9 Å². The average molecular weight is 238 g/mol. The van der Waals surface area contributed by atoms with Crippen LogP contribution >= 0.6 is 0 Å². The standard InChI is InChI=1S/C12H22N4O/c1-4-5-10(2)6-14-11-7-15-16(8-11)9-12(17)13-3/h7-8,10,14H,4-6,9H2,1-3H3,(H,13,17). The summed E-state index contributed by atoms with van der Waals surface area (Å²) >= 11 is 0. The van der Waals surface area contributed by atoms with Gasteiger partial charge in [-0.2, -0.15) is 5.10 Å². The molecular weight excluding hydrogens is 216 g/mol. The molecule has 96 valence electrons. The Morgan fingerprint density at radius 2 is 2.35 bits per heavy atom. The van der Waals surface area contributed by atoms with E-state index in [-0.39, 0.29) is 12.5 Å². The van der Waals surface area contributed by atoms with Gasteiger partial charge >= 0.3 is 0 Å². The minimum Gasteiger partial charge on any atom is -0.382 e. The van der Waals surface area contributed by atoms with E-state index < -0.39 is 0 Å². The Morgan fingerprint density at radius 1 is 1.59 bits per heavy atom. The number of likely N-dealkylation sites (N-methyl/N-ethyl adjacent to an activating group) is 1. The Labute approximate surface area is 103 Å². The highest BCUT2D eigenvalue weighted by Crippen LogP contribution is 2.09. The van der Waals surface area contributed by atoms with Gasteiger partial charge in [-0.05, 0) is 12.3 Å². The Kier molecular flexibility index (Phi) is 5.52. The fraction of sp³-hybridized carbons (Fsp3) is 0.667. The molecule has 5 heteroatoms. The van der Waals surface area contributed by atoms with Crippen LogP contribution in [0.4, 0.5) is 5.69 Å². The number of carbonyl (C=O) groups excluding carboxylic acids is 1. The van der Waals surface area contributed by atoms with Crippen molar-refractivity contribution in [2.45, 2.75) is 33.2 Å². The van der Waals surface area contributed by atoms with Crippen molar-refractivity contribution in [1.82, 2.24) is 15.1 Å². The van der Waals surface area contributed by atoms with Gasteiger partial charge in [0.05, 0.1) is 11.9 Å².